The third-order valence-electron chi connectivity index (χ3n) is 5.94. The minimum Gasteiger partial charge on any atom is -0.493 e. The largest absolute Gasteiger partial charge is 0.493 e. The summed E-state index contributed by atoms with van der Waals surface area (Å²) < 4.78 is 16.7. The third kappa shape index (κ3) is 5.97. The van der Waals surface area contributed by atoms with Crippen LogP contribution in [0.3, 0.4) is 0 Å². The SMILES string of the molecule is COc1ccc(CNCCC(c2ccccc2)C2CCOC(C)(C)C2)cc1OC. The number of nitrogens with one attached hydrogen (secondary N) is 1. The van der Waals surface area contributed by atoms with Crippen molar-refractivity contribution < 1.29 is 14.2 Å². The van der Waals surface area contributed by atoms with Crippen molar-refractivity contribution in [3.8, 4) is 11.5 Å². The summed E-state index contributed by atoms with van der Waals surface area (Å²) in [5.41, 5.74) is 2.62. The average molecular weight is 398 g/mol. The molecule has 1 heterocycles. The van der Waals surface area contributed by atoms with Crippen LogP contribution in [0.2, 0.25) is 0 Å². The molecular weight excluding hydrogens is 362 g/mol. The smallest absolute Gasteiger partial charge is 0.161 e. The molecule has 1 fully saturated rings. The zero-order valence-electron chi connectivity index (χ0n) is 18.2. The van der Waals surface area contributed by atoms with E-state index in [1.807, 2.05) is 12.1 Å². The van der Waals surface area contributed by atoms with Gasteiger partial charge in [0.05, 0.1) is 19.8 Å². The highest BCUT2D eigenvalue weighted by atomic mass is 16.5. The first-order chi connectivity index (χ1) is 14.0. The molecule has 2 atom stereocenters. The van der Waals surface area contributed by atoms with Crippen molar-refractivity contribution in [2.75, 3.05) is 27.4 Å². The van der Waals surface area contributed by atoms with E-state index in [0.717, 1.165) is 50.5 Å². The highest BCUT2D eigenvalue weighted by Gasteiger charge is 2.33. The van der Waals surface area contributed by atoms with Gasteiger partial charge in [0.25, 0.3) is 0 Å². The van der Waals surface area contributed by atoms with Gasteiger partial charge in [-0.15, -0.1) is 0 Å². The molecule has 1 saturated heterocycles. The molecule has 158 valence electrons. The van der Waals surface area contributed by atoms with Crippen molar-refractivity contribution in [3.05, 3.63) is 59.7 Å². The molecule has 1 N–H and O–H groups in total. The van der Waals surface area contributed by atoms with Crippen molar-refractivity contribution in [1.29, 1.82) is 0 Å². The van der Waals surface area contributed by atoms with Crippen LogP contribution in [0.4, 0.5) is 0 Å². The van der Waals surface area contributed by atoms with Gasteiger partial charge in [-0.1, -0.05) is 36.4 Å². The van der Waals surface area contributed by atoms with Gasteiger partial charge >= 0.3 is 0 Å². The number of methoxy groups -OCH3 is 2. The van der Waals surface area contributed by atoms with Crippen LogP contribution >= 0.6 is 0 Å². The van der Waals surface area contributed by atoms with Gasteiger partial charge in [-0.05, 0) is 74.8 Å². The Kier molecular flexibility index (Phi) is 7.57. The minimum atomic E-state index is -0.0248. The van der Waals surface area contributed by atoms with Crippen LogP contribution in [0.25, 0.3) is 0 Å². The van der Waals surface area contributed by atoms with Crippen LogP contribution in [-0.2, 0) is 11.3 Å². The van der Waals surface area contributed by atoms with Crippen molar-refractivity contribution in [3.63, 3.8) is 0 Å². The molecule has 0 spiro atoms. The molecule has 29 heavy (non-hydrogen) atoms. The summed E-state index contributed by atoms with van der Waals surface area (Å²) in [6, 6.07) is 17.1. The molecule has 0 amide bonds. The van der Waals surface area contributed by atoms with Crippen LogP contribution in [0, 0.1) is 5.92 Å². The summed E-state index contributed by atoms with van der Waals surface area (Å²) in [5.74, 6) is 2.75. The highest BCUT2D eigenvalue weighted by molar-refractivity contribution is 5.42. The Morgan fingerprint density at radius 3 is 2.52 bits per heavy atom. The van der Waals surface area contributed by atoms with E-state index in [1.54, 1.807) is 14.2 Å². The fraction of sp³-hybridized carbons (Fsp3) is 0.520. The van der Waals surface area contributed by atoms with E-state index in [-0.39, 0.29) is 5.60 Å². The van der Waals surface area contributed by atoms with Gasteiger partial charge < -0.3 is 19.5 Å². The lowest BCUT2D eigenvalue weighted by molar-refractivity contribution is -0.0771. The molecular formula is C25H35NO3. The quantitative estimate of drug-likeness (QED) is 0.593. The summed E-state index contributed by atoms with van der Waals surface area (Å²) in [6.07, 6.45) is 3.37. The zero-order chi connectivity index (χ0) is 20.7. The summed E-state index contributed by atoms with van der Waals surface area (Å²) in [6.45, 7) is 7.10. The maximum absolute atomic E-state index is 5.97. The Morgan fingerprint density at radius 1 is 1.07 bits per heavy atom. The Hall–Kier alpha value is -2.04. The molecule has 2 aromatic rings. The molecule has 4 nitrogen and oxygen atoms in total. The monoisotopic (exact) mass is 397 g/mol. The zero-order valence-corrected chi connectivity index (χ0v) is 18.2. The van der Waals surface area contributed by atoms with Crippen molar-refractivity contribution in [2.24, 2.45) is 5.92 Å². The van der Waals surface area contributed by atoms with E-state index in [0.29, 0.717) is 11.8 Å². The molecule has 0 saturated carbocycles. The Bertz CT molecular complexity index is 760. The summed E-state index contributed by atoms with van der Waals surface area (Å²) in [5, 5.41) is 3.62. The van der Waals surface area contributed by atoms with E-state index in [2.05, 4.69) is 55.6 Å². The first kappa shape index (κ1) is 21.7. The van der Waals surface area contributed by atoms with Crippen LogP contribution in [-0.4, -0.2) is 33.0 Å². The molecule has 2 aromatic carbocycles. The maximum atomic E-state index is 5.97. The van der Waals surface area contributed by atoms with Crippen molar-refractivity contribution in [1.82, 2.24) is 5.32 Å². The van der Waals surface area contributed by atoms with E-state index >= 15 is 0 Å². The highest BCUT2D eigenvalue weighted by Crippen LogP contribution is 2.39. The average Bonchev–Trinajstić information content (AvgIpc) is 2.73. The van der Waals surface area contributed by atoms with Gasteiger partial charge in [0, 0.05) is 13.2 Å². The second kappa shape index (κ2) is 10.1. The lowest BCUT2D eigenvalue weighted by Gasteiger charge is -2.39. The fourth-order valence-corrected chi connectivity index (χ4v) is 4.48. The number of ether oxygens (including phenoxy) is 3. The van der Waals surface area contributed by atoms with Gasteiger partial charge in [-0.2, -0.15) is 0 Å². The summed E-state index contributed by atoms with van der Waals surface area (Å²) in [4.78, 5) is 0. The predicted octanol–water partition coefficient (Wildman–Crippen LogP) is 5.17. The normalized spacial score (nSPS) is 19.5. The number of benzene rings is 2. The van der Waals surface area contributed by atoms with E-state index in [9.17, 15) is 0 Å². The van der Waals surface area contributed by atoms with Gasteiger partial charge in [-0.25, -0.2) is 0 Å². The van der Waals surface area contributed by atoms with Crippen LogP contribution < -0.4 is 14.8 Å². The topological polar surface area (TPSA) is 39.7 Å². The van der Waals surface area contributed by atoms with Crippen molar-refractivity contribution >= 4 is 0 Å². The second-order valence-electron chi connectivity index (χ2n) is 8.53. The van der Waals surface area contributed by atoms with Crippen LogP contribution in [0.5, 0.6) is 11.5 Å². The van der Waals surface area contributed by atoms with Gasteiger partial charge in [0.1, 0.15) is 0 Å². The third-order valence-corrected chi connectivity index (χ3v) is 5.94. The molecule has 0 bridgehead atoms. The van der Waals surface area contributed by atoms with E-state index < -0.39 is 0 Å². The lowest BCUT2D eigenvalue weighted by Crippen LogP contribution is -2.36. The number of hydrogen-bond acceptors (Lipinski definition) is 4. The first-order valence-electron chi connectivity index (χ1n) is 10.6. The van der Waals surface area contributed by atoms with Gasteiger partial charge in [-0.3, -0.25) is 0 Å². The van der Waals surface area contributed by atoms with Gasteiger partial charge in [0.2, 0.25) is 0 Å². The number of hydrogen-bond donors (Lipinski definition) is 1. The molecule has 2 unspecified atom stereocenters. The molecule has 1 aliphatic heterocycles. The molecule has 3 rings (SSSR count). The van der Waals surface area contributed by atoms with E-state index in [4.69, 9.17) is 14.2 Å². The van der Waals surface area contributed by atoms with E-state index in [1.165, 1.54) is 11.1 Å². The second-order valence-corrected chi connectivity index (χ2v) is 8.53. The molecule has 0 aliphatic carbocycles. The van der Waals surface area contributed by atoms with Crippen molar-refractivity contribution in [2.45, 2.75) is 51.2 Å². The van der Waals surface area contributed by atoms with Gasteiger partial charge in [0.15, 0.2) is 11.5 Å². The standard InChI is InChI=1S/C25H35NO3/c1-25(2)17-21(13-15-29-25)22(20-8-6-5-7-9-20)12-14-26-18-19-10-11-23(27-3)24(16-19)28-4/h5-11,16,21-22,26H,12-15,17-18H2,1-4H3. The molecule has 0 radical (unpaired) electrons. The molecule has 4 heteroatoms. The first-order valence-corrected chi connectivity index (χ1v) is 10.6. The lowest BCUT2D eigenvalue weighted by atomic mass is 9.75. The number of rotatable bonds is 9. The molecule has 1 aliphatic rings. The summed E-state index contributed by atoms with van der Waals surface area (Å²) in [7, 11) is 3.34. The molecule has 0 aromatic heterocycles. The predicted molar refractivity (Wildman–Crippen MR) is 118 cm³/mol. The Morgan fingerprint density at radius 2 is 1.83 bits per heavy atom. The maximum Gasteiger partial charge on any atom is 0.161 e. The Labute approximate surface area is 175 Å². The fourth-order valence-electron chi connectivity index (χ4n) is 4.48. The van der Waals surface area contributed by atoms with Crippen LogP contribution in [0.1, 0.15) is 50.2 Å². The minimum absolute atomic E-state index is 0.0248. The summed E-state index contributed by atoms with van der Waals surface area (Å²) >= 11 is 0. The Balaban J connectivity index is 1.60. The van der Waals surface area contributed by atoms with Crippen LogP contribution in [0.15, 0.2) is 48.5 Å².